The first-order chi connectivity index (χ1) is 10.9. The van der Waals surface area contributed by atoms with Crippen molar-refractivity contribution < 1.29 is 17.9 Å². The molecule has 1 aliphatic heterocycles. The molecule has 1 atom stereocenters. The molecular weight excluding hydrogens is 318 g/mol. The van der Waals surface area contributed by atoms with Gasteiger partial charge >= 0.3 is 6.09 Å². The summed E-state index contributed by atoms with van der Waals surface area (Å²) < 4.78 is 33.6. The molecule has 0 aromatic rings. The van der Waals surface area contributed by atoms with Gasteiger partial charge in [0.05, 0.1) is 6.61 Å². The first kappa shape index (κ1) is 18.5. The molecule has 134 valence electrons. The number of carbonyl (C=O) groups is 1. The molecule has 1 saturated carbocycles. The molecule has 7 nitrogen and oxygen atoms in total. The van der Waals surface area contributed by atoms with Crippen molar-refractivity contribution in [2.24, 2.45) is 0 Å². The van der Waals surface area contributed by atoms with Gasteiger partial charge in [0.1, 0.15) is 0 Å². The van der Waals surface area contributed by atoms with E-state index in [-0.39, 0.29) is 12.1 Å². The van der Waals surface area contributed by atoms with Crippen LogP contribution in [0.3, 0.4) is 0 Å². The Morgan fingerprint density at radius 1 is 1.22 bits per heavy atom. The fourth-order valence-corrected chi connectivity index (χ4v) is 5.10. The van der Waals surface area contributed by atoms with Gasteiger partial charge in [0.25, 0.3) is 10.2 Å². The normalized spacial score (nSPS) is 24.6. The summed E-state index contributed by atoms with van der Waals surface area (Å²) in [5, 5.41) is 2.75. The van der Waals surface area contributed by atoms with Gasteiger partial charge in [-0.2, -0.15) is 17.0 Å². The third-order valence-electron chi connectivity index (χ3n) is 4.76. The van der Waals surface area contributed by atoms with Crippen LogP contribution in [-0.4, -0.2) is 61.9 Å². The highest BCUT2D eigenvalue weighted by atomic mass is 32.2. The van der Waals surface area contributed by atoms with Gasteiger partial charge in [0.2, 0.25) is 0 Å². The zero-order valence-electron chi connectivity index (χ0n) is 14.2. The second kappa shape index (κ2) is 8.30. The molecule has 1 N–H and O–H groups in total. The summed E-state index contributed by atoms with van der Waals surface area (Å²) in [6, 6.07) is -0.0792. The first-order valence-electron chi connectivity index (χ1n) is 8.61. The number of nitrogens with one attached hydrogen (secondary N) is 1. The highest BCUT2D eigenvalue weighted by Gasteiger charge is 2.35. The van der Waals surface area contributed by atoms with Gasteiger partial charge in [-0.05, 0) is 32.6 Å². The fraction of sp³-hybridized carbons (Fsp3) is 0.933. The van der Waals surface area contributed by atoms with Crippen LogP contribution in [0, 0.1) is 0 Å². The largest absolute Gasteiger partial charge is 0.450 e. The molecular formula is C15H29N3O4S. The second-order valence-corrected chi connectivity index (χ2v) is 8.37. The predicted octanol–water partition coefficient (Wildman–Crippen LogP) is 1.71. The van der Waals surface area contributed by atoms with Gasteiger partial charge in [-0.3, -0.25) is 0 Å². The Balaban J connectivity index is 1.96. The summed E-state index contributed by atoms with van der Waals surface area (Å²) in [6.07, 6.45) is 6.31. The molecule has 1 saturated heterocycles. The Kier molecular flexibility index (Phi) is 6.67. The van der Waals surface area contributed by atoms with E-state index in [4.69, 9.17) is 4.74 Å². The number of hydrogen-bond donors (Lipinski definition) is 1. The molecule has 2 aliphatic rings. The van der Waals surface area contributed by atoms with Gasteiger partial charge in [-0.1, -0.05) is 19.3 Å². The molecule has 1 aliphatic carbocycles. The van der Waals surface area contributed by atoms with Crippen molar-refractivity contribution in [3.63, 3.8) is 0 Å². The molecule has 2 rings (SSSR count). The Morgan fingerprint density at radius 2 is 1.91 bits per heavy atom. The maximum Gasteiger partial charge on any atom is 0.407 e. The Bertz CT molecular complexity index is 491. The Labute approximate surface area is 139 Å². The minimum absolute atomic E-state index is 0.104. The van der Waals surface area contributed by atoms with E-state index < -0.39 is 16.3 Å². The minimum Gasteiger partial charge on any atom is -0.450 e. The molecule has 0 aromatic heterocycles. The number of amides is 1. The summed E-state index contributed by atoms with van der Waals surface area (Å²) in [5.74, 6) is 0. The highest BCUT2D eigenvalue weighted by Crippen LogP contribution is 2.26. The Morgan fingerprint density at radius 3 is 2.57 bits per heavy atom. The summed E-state index contributed by atoms with van der Waals surface area (Å²) >= 11 is 0. The lowest BCUT2D eigenvalue weighted by molar-refractivity contribution is 0.141. The van der Waals surface area contributed by atoms with Crippen molar-refractivity contribution >= 4 is 16.3 Å². The number of nitrogens with zero attached hydrogens (tertiary/aromatic N) is 2. The van der Waals surface area contributed by atoms with Crippen LogP contribution in [-0.2, 0) is 14.9 Å². The first-order valence-corrected chi connectivity index (χ1v) is 10.0. The van der Waals surface area contributed by atoms with E-state index in [2.05, 4.69) is 5.32 Å². The summed E-state index contributed by atoms with van der Waals surface area (Å²) in [6.45, 7) is 2.89. The van der Waals surface area contributed by atoms with Crippen LogP contribution in [0.5, 0.6) is 0 Å². The molecule has 0 aromatic carbocycles. The average molecular weight is 347 g/mol. The average Bonchev–Trinajstić information content (AvgIpc) is 2.55. The Hall–Kier alpha value is -0.860. The molecule has 0 spiro atoms. The number of ether oxygens (including phenoxy) is 1. The van der Waals surface area contributed by atoms with Crippen molar-refractivity contribution in [2.45, 2.75) is 64.0 Å². The van der Waals surface area contributed by atoms with Crippen molar-refractivity contribution in [2.75, 3.05) is 26.7 Å². The number of rotatable bonds is 5. The van der Waals surface area contributed by atoms with Crippen molar-refractivity contribution in [3.8, 4) is 0 Å². The third-order valence-corrected chi connectivity index (χ3v) is 6.77. The van der Waals surface area contributed by atoms with Gasteiger partial charge in [-0.15, -0.1) is 0 Å². The van der Waals surface area contributed by atoms with Gasteiger partial charge < -0.3 is 10.1 Å². The molecule has 0 radical (unpaired) electrons. The van der Waals surface area contributed by atoms with Crippen LogP contribution < -0.4 is 5.32 Å². The summed E-state index contributed by atoms with van der Waals surface area (Å²) in [4.78, 5) is 11.5. The molecule has 1 heterocycles. The topological polar surface area (TPSA) is 79.0 Å². The monoisotopic (exact) mass is 347 g/mol. The SMILES string of the molecule is CCOC(=O)N[C@@H]1CCCN(S(=O)(=O)N(C)C2CCCCC2)C1. The van der Waals surface area contributed by atoms with Crippen LogP contribution in [0.1, 0.15) is 51.9 Å². The van der Waals surface area contributed by atoms with Crippen LogP contribution in [0.4, 0.5) is 4.79 Å². The van der Waals surface area contributed by atoms with E-state index in [9.17, 15) is 13.2 Å². The lowest BCUT2D eigenvalue weighted by Gasteiger charge is -2.38. The predicted molar refractivity (Wildman–Crippen MR) is 88.3 cm³/mol. The quantitative estimate of drug-likeness (QED) is 0.821. The van der Waals surface area contributed by atoms with Crippen LogP contribution in [0.25, 0.3) is 0 Å². The third kappa shape index (κ3) is 4.81. The van der Waals surface area contributed by atoms with E-state index in [1.165, 1.54) is 10.7 Å². The summed E-state index contributed by atoms with van der Waals surface area (Å²) in [5.41, 5.74) is 0. The standard InChI is InChI=1S/C15H29N3O4S/c1-3-22-15(19)16-13-8-7-11-18(12-13)23(20,21)17(2)14-9-5-4-6-10-14/h13-14H,3-12H2,1-2H3,(H,16,19)/t13-/m1/s1. The lowest BCUT2D eigenvalue weighted by Crippen LogP contribution is -2.54. The fourth-order valence-electron chi connectivity index (χ4n) is 3.42. The zero-order valence-corrected chi connectivity index (χ0v) is 15.0. The zero-order chi connectivity index (χ0) is 16.9. The van der Waals surface area contributed by atoms with E-state index in [0.717, 1.165) is 38.5 Å². The van der Waals surface area contributed by atoms with Crippen LogP contribution >= 0.6 is 0 Å². The highest BCUT2D eigenvalue weighted by molar-refractivity contribution is 7.86. The maximum atomic E-state index is 12.8. The molecule has 0 bridgehead atoms. The van der Waals surface area contributed by atoms with Crippen molar-refractivity contribution in [3.05, 3.63) is 0 Å². The smallest absolute Gasteiger partial charge is 0.407 e. The summed E-state index contributed by atoms with van der Waals surface area (Å²) in [7, 11) is -1.78. The van der Waals surface area contributed by atoms with Crippen molar-refractivity contribution in [1.29, 1.82) is 0 Å². The minimum atomic E-state index is -3.47. The maximum absolute atomic E-state index is 12.8. The van der Waals surface area contributed by atoms with E-state index >= 15 is 0 Å². The van der Waals surface area contributed by atoms with Crippen LogP contribution in [0.15, 0.2) is 0 Å². The second-order valence-electron chi connectivity index (χ2n) is 6.38. The van der Waals surface area contributed by atoms with E-state index in [1.807, 2.05) is 0 Å². The molecule has 0 unspecified atom stereocenters. The number of alkyl carbamates (subject to hydrolysis) is 1. The van der Waals surface area contributed by atoms with E-state index in [1.54, 1.807) is 18.3 Å². The number of carbonyl (C=O) groups excluding carboxylic acids is 1. The molecule has 2 fully saturated rings. The molecule has 8 heteroatoms. The van der Waals surface area contributed by atoms with Gasteiger partial charge in [-0.25, -0.2) is 4.79 Å². The molecule has 23 heavy (non-hydrogen) atoms. The van der Waals surface area contributed by atoms with E-state index in [0.29, 0.717) is 19.7 Å². The van der Waals surface area contributed by atoms with Crippen molar-refractivity contribution in [1.82, 2.24) is 13.9 Å². The molecule has 1 amide bonds. The van der Waals surface area contributed by atoms with Crippen LogP contribution in [0.2, 0.25) is 0 Å². The lowest BCUT2D eigenvalue weighted by atomic mass is 9.96. The number of hydrogen-bond acceptors (Lipinski definition) is 4. The van der Waals surface area contributed by atoms with Gasteiger partial charge in [0.15, 0.2) is 0 Å². The number of piperidine rings is 1. The van der Waals surface area contributed by atoms with Gasteiger partial charge in [0, 0.05) is 32.2 Å².